The second kappa shape index (κ2) is 10.0. The zero-order chi connectivity index (χ0) is 24.3. The Morgan fingerprint density at radius 2 is 1.56 bits per heavy atom. The van der Waals surface area contributed by atoms with Crippen LogP contribution in [0.4, 0.5) is 13.2 Å². The number of carbonyl (C=O) groups is 1. The first-order valence-electron chi connectivity index (χ1n) is 11.2. The van der Waals surface area contributed by atoms with Crippen LogP contribution < -0.4 is 0 Å². The lowest BCUT2D eigenvalue weighted by Gasteiger charge is -2.38. The number of halogens is 3. The highest BCUT2D eigenvalue weighted by Crippen LogP contribution is 2.36. The Morgan fingerprint density at radius 3 is 2.18 bits per heavy atom. The molecule has 0 saturated carbocycles. The van der Waals surface area contributed by atoms with Crippen molar-refractivity contribution in [3.05, 3.63) is 59.9 Å². The van der Waals surface area contributed by atoms with E-state index in [4.69, 9.17) is 0 Å². The molecule has 2 saturated heterocycles. The zero-order valence-electron chi connectivity index (χ0n) is 18.6. The van der Waals surface area contributed by atoms with E-state index < -0.39 is 26.7 Å². The minimum Gasteiger partial charge on any atom is -0.340 e. The lowest BCUT2D eigenvalue weighted by Crippen LogP contribution is -2.51. The van der Waals surface area contributed by atoms with Gasteiger partial charge in [0, 0.05) is 64.1 Å². The number of piperidine rings is 1. The number of benzene rings is 1. The number of piperazine rings is 1. The maximum Gasteiger partial charge on any atom is 0.417 e. The molecular formula is C23H27F3N4O3S. The van der Waals surface area contributed by atoms with Gasteiger partial charge in [0.15, 0.2) is 0 Å². The molecule has 7 nitrogen and oxygen atoms in total. The normalized spacial score (nSPS) is 19.3. The van der Waals surface area contributed by atoms with E-state index in [0.717, 1.165) is 41.6 Å². The fourth-order valence-electron chi connectivity index (χ4n) is 4.54. The molecule has 0 spiro atoms. The largest absolute Gasteiger partial charge is 0.417 e. The molecule has 0 N–H and O–H groups in total. The van der Waals surface area contributed by atoms with Gasteiger partial charge in [-0.25, -0.2) is 8.42 Å². The second-order valence-electron chi connectivity index (χ2n) is 8.63. The number of carbonyl (C=O) groups excluding carboxylic acids is 1. The Bertz CT molecular complexity index is 1100. The summed E-state index contributed by atoms with van der Waals surface area (Å²) in [5, 5.41) is 0. The predicted molar refractivity (Wildman–Crippen MR) is 119 cm³/mol. The van der Waals surface area contributed by atoms with Crippen LogP contribution in [-0.4, -0.2) is 72.7 Å². The predicted octanol–water partition coefficient (Wildman–Crippen LogP) is 2.85. The van der Waals surface area contributed by atoms with E-state index in [1.807, 2.05) is 17.0 Å². The average Bonchev–Trinajstić information content (AvgIpc) is 2.84. The molecule has 2 aliphatic rings. The van der Waals surface area contributed by atoms with Gasteiger partial charge in [0.1, 0.15) is 0 Å². The number of pyridine rings is 1. The first kappa shape index (κ1) is 24.6. The van der Waals surface area contributed by atoms with E-state index >= 15 is 0 Å². The fraction of sp³-hybridized carbons (Fsp3) is 0.478. The van der Waals surface area contributed by atoms with Crippen LogP contribution in [0.15, 0.2) is 53.7 Å². The van der Waals surface area contributed by atoms with E-state index in [-0.39, 0.29) is 24.9 Å². The maximum atomic E-state index is 13.3. The number of aromatic nitrogens is 1. The molecular weight excluding hydrogens is 469 g/mol. The van der Waals surface area contributed by atoms with Crippen LogP contribution in [0.25, 0.3) is 0 Å². The summed E-state index contributed by atoms with van der Waals surface area (Å²) in [6.45, 7) is 3.52. The summed E-state index contributed by atoms with van der Waals surface area (Å²) in [4.78, 5) is 20.4. The van der Waals surface area contributed by atoms with Gasteiger partial charge in [-0.05, 0) is 42.7 Å². The average molecular weight is 497 g/mol. The summed E-state index contributed by atoms with van der Waals surface area (Å²) in [6, 6.07) is 8.15. The summed E-state index contributed by atoms with van der Waals surface area (Å²) in [6.07, 6.45) is -0.669. The third-order valence-corrected chi connectivity index (χ3v) is 8.41. The Morgan fingerprint density at radius 1 is 0.941 bits per heavy atom. The lowest BCUT2D eigenvalue weighted by atomic mass is 9.96. The number of amides is 1. The second-order valence-corrected chi connectivity index (χ2v) is 10.5. The van der Waals surface area contributed by atoms with E-state index in [2.05, 4.69) is 9.88 Å². The Kier molecular flexibility index (Phi) is 7.25. The van der Waals surface area contributed by atoms with E-state index in [0.29, 0.717) is 25.9 Å². The highest BCUT2D eigenvalue weighted by Gasteiger charge is 2.40. The van der Waals surface area contributed by atoms with Gasteiger partial charge >= 0.3 is 6.18 Å². The minimum absolute atomic E-state index is 0.00343. The minimum atomic E-state index is -4.77. The molecule has 2 aliphatic heterocycles. The summed E-state index contributed by atoms with van der Waals surface area (Å²) < 4.78 is 66.9. The smallest absolute Gasteiger partial charge is 0.340 e. The van der Waals surface area contributed by atoms with Crippen molar-refractivity contribution in [1.82, 2.24) is 19.1 Å². The summed E-state index contributed by atoms with van der Waals surface area (Å²) in [7, 11) is -4.31. The number of sulfonamides is 1. The van der Waals surface area contributed by atoms with Crippen LogP contribution in [0.3, 0.4) is 0 Å². The summed E-state index contributed by atoms with van der Waals surface area (Å²) in [5.74, 6) is -0.327. The van der Waals surface area contributed by atoms with Crippen molar-refractivity contribution in [3.8, 4) is 0 Å². The van der Waals surface area contributed by atoms with Crippen LogP contribution >= 0.6 is 0 Å². The molecule has 184 valence electrons. The molecule has 11 heteroatoms. The molecule has 34 heavy (non-hydrogen) atoms. The Balaban J connectivity index is 1.32. The molecule has 0 bridgehead atoms. The van der Waals surface area contributed by atoms with E-state index in [1.165, 1.54) is 12.1 Å². The summed E-state index contributed by atoms with van der Waals surface area (Å²) in [5.41, 5.74) is -0.00621. The van der Waals surface area contributed by atoms with Gasteiger partial charge in [0.2, 0.25) is 15.9 Å². The van der Waals surface area contributed by atoms with Crippen molar-refractivity contribution in [2.24, 2.45) is 5.92 Å². The van der Waals surface area contributed by atoms with Crippen LogP contribution in [0, 0.1) is 5.92 Å². The highest BCUT2D eigenvalue weighted by molar-refractivity contribution is 7.89. The van der Waals surface area contributed by atoms with Crippen molar-refractivity contribution in [1.29, 1.82) is 0 Å². The van der Waals surface area contributed by atoms with Gasteiger partial charge < -0.3 is 4.90 Å². The zero-order valence-corrected chi connectivity index (χ0v) is 19.4. The molecule has 0 radical (unpaired) electrons. The number of hydrogen-bond donors (Lipinski definition) is 0. The van der Waals surface area contributed by atoms with Crippen molar-refractivity contribution >= 4 is 15.9 Å². The number of nitrogens with zero attached hydrogens (tertiary/aromatic N) is 4. The van der Waals surface area contributed by atoms with Crippen LogP contribution in [0.1, 0.15) is 24.0 Å². The molecule has 0 unspecified atom stereocenters. The van der Waals surface area contributed by atoms with E-state index in [9.17, 15) is 26.4 Å². The highest BCUT2D eigenvalue weighted by atomic mass is 32.2. The van der Waals surface area contributed by atoms with Gasteiger partial charge in [-0.15, -0.1) is 0 Å². The molecule has 4 rings (SSSR count). The van der Waals surface area contributed by atoms with Gasteiger partial charge in [-0.2, -0.15) is 17.5 Å². The SMILES string of the molecule is O=C(C1CCN(S(=O)(=O)c2ccccc2C(F)(F)F)CC1)N1CCN(Cc2ccncc2)CC1. The van der Waals surface area contributed by atoms with Crippen molar-refractivity contribution < 1.29 is 26.4 Å². The van der Waals surface area contributed by atoms with Gasteiger partial charge in [0.05, 0.1) is 10.5 Å². The third kappa shape index (κ3) is 5.42. The monoisotopic (exact) mass is 496 g/mol. The first-order chi connectivity index (χ1) is 16.2. The number of rotatable bonds is 5. The van der Waals surface area contributed by atoms with Gasteiger partial charge in [-0.3, -0.25) is 14.7 Å². The molecule has 1 aromatic carbocycles. The van der Waals surface area contributed by atoms with E-state index in [1.54, 1.807) is 12.4 Å². The van der Waals surface area contributed by atoms with Gasteiger partial charge in [-0.1, -0.05) is 12.1 Å². The Hall–Kier alpha value is -2.50. The Labute approximate surface area is 197 Å². The first-order valence-corrected chi connectivity index (χ1v) is 12.7. The van der Waals surface area contributed by atoms with Crippen molar-refractivity contribution in [2.45, 2.75) is 30.5 Å². The number of hydrogen-bond acceptors (Lipinski definition) is 5. The van der Waals surface area contributed by atoms with Crippen LogP contribution in [0.2, 0.25) is 0 Å². The van der Waals surface area contributed by atoms with Crippen molar-refractivity contribution in [3.63, 3.8) is 0 Å². The molecule has 1 aromatic heterocycles. The quantitative estimate of drug-likeness (QED) is 0.637. The standard InChI is InChI=1S/C23H27F3N4O3S/c24-23(25,26)20-3-1-2-4-21(20)34(32,33)30-11-7-19(8-12-30)22(31)29-15-13-28(14-16-29)17-18-5-9-27-10-6-18/h1-6,9-10,19H,7-8,11-17H2. The molecule has 2 aromatic rings. The van der Waals surface area contributed by atoms with Crippen molar-refractivity contribution in [2.75, 3.05) is 39.3 Å². The third-order valence-electron chi connectivity index (χ3n) is 6.45. The molecule has 1 amide bonds. The molecule has 3 heterocycles. The maximum absolute atomic E-state index is 13.3. The topological polar surface area (TPSA) is 73.8 Å². The lowest BCUT2D eigenvalue weighted by molar-refractivity contribution is -0.140. The van der Waals surface area contributed by atoms with Crippen LogP contribution in [0.5, 0.6) is 0 Å². The summed E-state index contributed by atoms with van der Waals surface area (Å²) >= 11 is 0. The van der Waals surface area contributed by atoms with Gasteiger partial charge in [0.25, 0.3) is 0 Å². The fourth-order valence-corrected chi connectivity index (χ4v) is 6.22. The number of alkyl halides is 3. The molecule has 0 aliphatic carbocycles. The molecule has 0 atom stereocenters. The van der Waals surface area contributed by atoms with Crippen LogP contribution in [-0.2, 0) is 27.5 Å². The molecule has 2 fully saturated rings.